The number of likely N-dealkylation sites (tertiary alicyclic amines) is 2. The molecule has 0 aliphatic carbocycles. The minimum absolute atomic E-state index is 0.0443. The number of aromatic nitrogens is 4. The van der Waals surface area contributed by atoms with Crippen LogP contribution >= 0.6 is 0 Å². The molecule has 1 unspecified atom stereocenters. The lowest BCUT2D eigenvalue weighted by Gasteiger charge is -2.34. The first-order chi connectivity index (χ1) is 14.5. The summed E-state index contributed by atoms with van der Waals surface area (Å²) in [5.41, 5.74) is 0. The van der Waals surface area contributed by atoms with Crippen molar-refractivity contribution >= 4 is 11.8 Å². The Morgan fingerprint density at radius 3 is 2.57 bits per heavy atom. The predicted molar refractivity (Wildman–Crippen MR) is 108 cm³/mol. The van der Waals surface area contributed by atoms with Gasteiger partial charge in [0.2, 0.25) is 23.6 Å². The van der Waals surface area contributed by atoms with Gasteiger partial charge in [0.15, 0.2) is 0 Å². The van der Waals surface area contributed by atoms with Gasteiger partial charge in [-0.2, -0.15) is 0 Å². The summed E-state index contributed by atoms with van der Waals surface area (Å²) in [6.45, 7) is 6.27. The second-order valence-electron chi connectivity index (χ2n) is 8.57. The fourth-order valence-electron chi connectivity index (χ4n) is 4.34. The third-order valence-electron chi connectivity index (χ3n) is 6.10. The van der Waals surface area contributed by atoms with Gasteiger partial charge < -0.3 is 18.8 Å². The summed E-state index contributed by atoms with van der Waals surface area (Å²) in [5, 5.41) is 8.62. The van der Waals surface area contributed by atoms with Crippen molar-refractivity contribution in [3.8, 4) is 0 Å². The van der Waals surface area contributed by atoms with E-state index in [4.69, 9.17) is 4.42 Å². The van der Waals surface area contributed by atoms with Gasteiger partial charge in [0.25, 0.3) is 0 Å². The van der Waals surface area contributed by atoms with E-state index >= 15 is 0 Å². The first kappa shape index (κ1) is 20.6. The lowest BCUT2D eigenvalue weighted by molar-refractivity contribution is -0.139. The van der Waals surface area contributed by atoms with E-state index in [0.717, 1.165) is 38.6 Å². The third kappa shape index (κ3) is 4.39. The highest BCUT2D eigenvalue weighted by Gasteiger charge is 2.34. The van der Waals surface area contributed by atoms with Crippen LogP contribution in [0.25, 0.3) is 0 Å². The Kier molecular flexibility index (Phi) is 6.15. The van der Waals surface area contributed by atoms with Crippen molar-refractivity contribution < 1.29 is 14.0 Å². The molecule has 0 N–H and O–H groups in total. The first-order valence-electron chi connectivity index (χ1n) is 10.9. The number of amides is 2. The normalized spacial score (nSPS) is 20.7. The summed E-state index contributed by atoms with van der Waals surface area (Å²) < 4.78 is 7.86. The summed E-state index contributed by atoms with van der Waals surface area (Å²) >= 11 is 0. The molecule has 0 bridgehead atoms. The van der Waals surface area contributed by atoms with Crippen molar-refractivity contribution in [1.29, 1.82) is 0 Å². The Bertz CT molecular complexity index is 854. The number of carbonyl (C=O) groups excluding carboxylic acids is 2. The van der Waals surface area contributed by atoms with Crippen molar-refractivity contribution in [1.82, 2.24) is 29.5 Å². The monoisotopic (exact) mass is 414 g/mol. The van der Waals surface area contributed by atoms with Crippen LogP contribution in [0, 0.1) is 5.92 Å². The van der Waals surface area contributed by atoms with Crippen LogP contribution in [-0.4, -0.2) is 61.0 Å². The maximum absolute atomic E-state index is 12.6. The van der Waals surface area contributed by atoms with E-state index in [0.29, 0.717) is 31.4 Å². The number of carbonyl (C=O) groups is 2. The molecule has 162 valence electrons. The average molecular weight is 415 g/mol. The standard InChI is InChI=1S/C21H30N6O3/c1-15(2)21(29)27-9-4-3-5-17(27)20-24-23-19(30-20)16-6-10-26(11-7-16)18(28)13-25-12-8-22-14-25/h8,12,14-17H,3-7,9-11,13H2,1-2H3. The molecule has 9 heteroatoms. The SMILES string of the molecule is CC(C)C(=O)N1CCCCC1c1nnc(C2CCN(C(=O)Cn3ccnc3)CC2)o1. The van der Waals surface area contributed by atoms with E-state index in [1.54, 1.807) is 23.3 Å². The molecule has 2 aliphatic rings. The fraction of sp³-hybridized carbons (Fsp3) is 0.667. The number of rotatable bonds is 5. The van der Waals surface area contributed by atoms with E-state index in [1.807, 2.05) is 23.6 Å². The maximum Gasteiger partial charge on any atom is 0.242 e. The van der Waals surface area contributed by atoms with Crippen molar-refractivity contribution in [2.75, 3.05) is 19.6 Å². The summed E-state index contributed by atoms with van der Waals surface area (Å²) in [7, 11) is 0. The molecule has 2 aromatic heterocycles. The van der Waals surface area contributed by atoms with Gasteiger partial charge in [-0.25, -0.2) is 4.98 Å². The van der Waals surface area contributed by atoms with E-state index in [-0.39, 0.29) is 29.7 Å². The Morgan fingerprint density at radius 2 is 1.87 bits per heavy atom. The van der Waals surface area contributed by atoms with Gasteiger partial charge in [0.05, 0.1) is 6.33 Å². The van der Waals surface area contributed by atoms with E-state index in [9.17, 15) is 9.59 Å². The largest absolute Gasteiger partial charge is 0.423 e. The topological polar surface area (TPSA) is 97.4 Å². The molecule has 0 aromatic carbocycles. The fourth-order valence-corrected chi connectivity index (χ4v) is 4.34. The molecule has 2 aliphatic heterocycles. The van der Waals surface area contributed by atoms with Gasteiger partial charge in [-0.1, -0.05) is 13.8 Å². The molecule has 0 spiro atoms. The second kappa shape index (κ2) is 8.97. The zero-order valence-corrected chi connectivity index (χ0v) is 17.7. The molecule has 9 nitrogen and oxygen atoms in total. The zero-order valence-electron chi connectivity index (χ0n) is 17.7. The van der Waals surface area contributed by atoms with Crippen LogP contribution in [0.3, 0.4) is 0 Å². The summed E-state index contributed by atoms with van der Waals surface area (Å²) in [4.78, 5) is 32.8. The molecule has 0 radical (unpaired) electrons. The van der Waals surface area contributed by atoms with E-state index in [2.05, 4.69) is 15.2 Å². The number of imidazole rings is 1. The third-order valence-corrected chi connectivity index (χ3v) is 6.10. The van der Waals surface area contributed by atoms with Crippen LogP contribution in [0.4, 0.5) is 0 Å². The molecule has 2 fully saturated rings. The van der Waals surface area contributed by atoms with Gasteiger partial charge in [-0.05, 0) is 32.1 Å². The Morgan fingerprint density at radius 1 is 1.10 bits per heavy atom. The highest BCUT2D eigenvalue weighted by atomic mass is 16.4. The number of hydrogen-bond acceptors (Lipinski definition) is 6. The van der Waals surface area contributed by atoms with Gasteiger partial charge in [-0.3, -0.25) is 9.59 Å². The molecule has 4 heterocycles. The summed E-state index contributed by atoms with van der Waals surface area (Å²) in [6, 6.07) is -0.119. The van der Waals surface area contributed by atoms with Crippen LogP contribution in [0.1, 0.15) is 69.7 Å². The Labute approximate surface area is 176 Å². The van der Waals surface area contributed by atoms with Gasteiger partial charge >= 0.3 is 0 Å². The average Bonchev–Trinajstić information content (AvgIpc) is 3.45. The number of nitrogens with zero attached hydrogens (tertiary/aromatic N) is 6. The Hall–Kier alpha value is -2.71. The lowest BCUT2D eigenvalue weighted by atomic mass is 9.96. The van der Waals surface area contributed by atoms with Crippen LogP contribution in [0.2, 0.25) is 0 Å². The number of piperidine rings is 2. The van der Waals surface area contributed by atoms with Crippen molar-refractivity contribution in [2.24, 2.45) is 5.92 Å². The van der Waals surface area contributed by atoms with Gasteiger partial charge in [0.1, 0.15) is 12.6 Å². The van der Waals surface area contributed by atoms with Crippen LogP contribution in [0.15, 0.2) is 23.1 Å². The summed E-state index contributed by atoms with van der Waals surface area (Å²) in [6.07, 6.45) is 9.67. The molecular weight excluding hydrogens is 384 g/mol. The molecule has 1 atom stereocenters. The zero-order chi connectivity index (χ0) is 21.1. The summed E-state index contributed by atoms with van der Waals surface area (Å²) in [5.74, 6) is 1.54. The van der Waals surface area contributed by atoms with E-state index < -0.39 is 0 Å². The lowest BCUT2D eigenvalue weighted by Crippen LogP contribution is -2.40. The van der Waals surface area contributed by atoms with Crippen molar-refractivity contribution in [2.45, 2.75) is 64.5 Å². The van der Waals surface area contributed by atoms with Crippen LogP contribution in [-0.2, 0) is 16.1 Å². The minimum Gasteiger partial charge on any atom is -0.423 e. The first-order valence-corrected chi connectivity index (χ1v) is 10.9. The van der Waals surface area contributed by atoms with Gasteiger partial charge in [-0.15, -0.1) is 10.2 Å². The maximum atomic E-state index is 12.6. The molecule has 30 heavy (non-hydrogen) atoms. The molecule has 4 rings (SSSR count). The minimum atomic E-state index is -0.119. The quantitative estimate of drug-likeness (QED) is 0.745. The number of hydrogen-bond donors (Lipinski definition) is 0. The van der Waals surface area contributed by atoms with Crippen molar-refractivity contribution in [3.63, 3.8) is 0 Å². The van der Waals surface area contributed by atoms with Crippen molar-refractivity contribution in [3.05, 3.63) is 30.5 Å². The second-order valence-corrected chi connectivity index (χ2v) is 8.57. The molecule has 2 aromatic rings. The molecule has 0 saturated carbocycles. The molecule has 2 saturated heterocycles. The highest BCUT2D eigenvalue weighted by molar-refractivity contribution is 5.78. The van der Waals surface area contributed by atoms with Gasteiger partial charge in [0, 0.05) is 43.9 Å². The van der Waals surface area contributed by atoms with E-state index in [1.165, 1.54) is 0 Å². The smallest absolute Gasteiger partial charge is 0.242 e. The highest BCUT2D eigenvalue weighted by Crippen LogP contribution is 2.34. The predicted octanol–water partition coefficient (Wildman–Crippen LogP) is 2.38. The van der Waals surface area contributed by atoms with Crippen LogP contribution < -0.4 is 0 Å². The van der Waals surface area contributed by atoms with Crippen LogP contribution in [0.5, 0.6) is 0 Å². The molecule has 2 amide bonds. The molecular formula is C21H30N6O3. The Balaban J connectivity index is 1.36.